The van der Waals surface area contributed by atoms with Crippen molar-refractivity contribution in [1.82, 2.24) is 0 Å². The zero-order chi connectivity index (χ0) is 30.3. The van der Waals surface area contributed by atoms with Crippen LogP contribution < -0.4 is 9.47 Å². The summed E-state index contributed by atoms with van der Waals surface area (Å²) in [4.78, 5) is 24.7. The van der Waals surface area contributed by atoms with E-state index >= 15 is 0 Å². The summed E-state index contributed by atoms with van der Waals surface area (Å²) < 4.78 is 34.9. The molecule has 0 saturated carbocycles. The van der Waals surface area contributed by atoms with Gasteiger partial charge in [0.25, 0.3) is 0 Å². The molecule has 0 fully saturated rings. The molecule has 3 rings (SSSR count). The molecule has 8 heteroatoms. The van der Waals surface area contributed by atoms with E-state index in [-0.39, 0.29) is 38.4 Å². The van der Waals surface area contributed by atoms with Crippen LogP contribution in [0.25, 0.3) is 21.5 Å². The summed E-state index contributed by atoms with van der Waals surface area (Å²) in [7, 11) is 3.16. The van der Waals surface area contributed by atoms with Crippen molar-refractivity contribution in [2.75, 3.05) is 40.6 Å². The fourth-order valence-electron chi connectivity index (χ4n) is 4.77. The van der Waals surface area contributed by atoms with Gasteiger partial charge in [0.2, 0.25) is 0 Å². The Morgan fingerprint density at radius 3 is 1.57 bits per heavy atom. The third-order valence-corrected chi connectivity index (χ3v) is 7.00. The summed E-state index contributed by atoms with van der Waals surface area (Å²) in [5, 5.41) is 3.49. The van der Waals surface area contributed by atoms with Gasteiger partial charge in [-0.3, -0.25) is 9.59 Å². The standard InChI is InChI=1S/C34H46O8/c1-6-9-15-31(35)41-25(20-37-4)22-39-33-27-13-11-12-14-28(27)34(30-19-24(8-3)17-18-29(30)33)40-23-26(21-38-5)42-32(36)16-10-7-2/h11-14,17-19,25-26H,6-10,15-16,20-23H2,1-5H3. The highest BCUT2D eigenvalue weighted by atomic mass is 16.6. The number of ether oxygens (including phenoxy) is 6. The van der Waals surface area contributed by atoms with Crippen molar-refractivity contribution in [3.8, 4) is 11.5 Å². The SMILES string of the molecule is CCCCC(=O)OC(COC)COc1c2ccccc2c(OCC(COC)OC(=O)CCCC)c2cc(CC)ccc12. The highest BCUT2D eigenvalue weighted by Gasteiger charge is 2.22. The lowest BCUT2D eigenvalue weighted by atomic mass is 9.98. The Morgan fingerprint density at radius 2 is 1.12 bits per heavy atom. The normalized spacial score (nSPS) is 12.7. The molecule has 0 spiro atoms. The molecule has 3 aromatic carbocycles. The first-order valence-electron chi connectivity index (χ1n) is 15.0. The van der Waals surface area contributed by atoms with E-state index in [0.29, 0.717) is 24.3 Å². The molecule has 8 nitrogen and oxygen atoms in total. The summed E-state index contributed by atoms with van der Waals surface area (Å²) in [6.45, 7) is 6.92. The quantitative estimate of drug-likeness (QED) is 0.113. The van der Waals surface area contributed by atoms with Crippen molar-refractivity contribution >= 4 is 33.5 Å². The maximum Gasteiger partial charge on any atom is 0.306 e. The first kappa shape index (κ1) is 33.1. The smallest absolute Gasteiger partial charge is 0.306 e. The second-order valence-corrected chi connectivity index (χ2v) is 10.4. The summed E-state index contributed by atoms with van der Waals surface area (Å²) in [5.41, 5.74) is 1.15. The van der Waals surface area contributed by atoms with Crippen LogP contribution in [0.15, 0.2) is 42.5 Å². The van der Waals surface area contributed by atoms with E-state index in [0.717, 1.165) is 59.2 Å². The number of fused-ring (bicyclic) bond motifs is 2. The van der Waals surface area contributed by atoms with Crippen LogP contribution in [0, 0.1) is 0 Å². The average Bonchev–Trinajstić information content (AvgIpc) is 3.00. The van der Waals surface area contributed by atoms with E-state index in [4.69, 9.17) is 28.4 Å². The molecule has 0 heterocycles. The fourth-order valence-corrected chi connectivity index (χ4v) is 4.77. The summed E-state index contributed by atoms with van der Waals surface area (Å²) in [5.74, 6) is 0.860. The molecule has 3 aromatic rings. The molecule has 0 bridgehead atoms. The summed E-state index contributed by atoms with van der Waals surface area (Å²) >= 11 is 0. The minimum atomic E-state index is -0.546. The van der Waals surface area contributed by atoms with Crippen LogP contribution in [0.5, 0.6) is 11.5 Å². The van der Waals surface area contributed by atoms with Gasteiger partial charge in [-0.1, -0.05) is 70.0 Å². The minimum Gasteiger partial charge on any atom is -0.488 e. The predicted molar refractivity (Wildman–Crippen MR) is 164 cm³/mol. The van der Waals surface area contributed by atoms with Crippen LogP contribution >= 0.6 is 0 Å². The van der Waals surface area contributed by atoms with Gasteiger partial charge >= 0.3 is 11.9 Å². The van der Waals surface area contributed by atoms with E-state index in [9.17, 15) is 9.59 Å². The molecule has 2 atom stereocenters. The number of aryl methyl sites for hydroxylation is 1. The van der Waals surface area contributed by atoms with Gasteiger partial charge in [-0.15, -0.1) is 0 Å². The molecule has 0 N–H and O–H groups in total. The Balaban J connectivity index is 1.97. The fraction of sp³-hybridized carbons (Fsp3) is 0.529. The van der Waals surface area contributed by atoms with Gasteiger partial charge in [0.15, 0.2) is 12.2 Å². The molecule has 0 radical (unpaired) electrons. The van der Waals surface area contributed by atoms with E-state index < -0.39 is 12.2 Å². The van der Waals surface area contributed by atoms with Gasteiger partial charge in [0.05, 0.1) is 13.2 Å². The van der Waals surface area contributed by atoms with Crippen molar-refractivity contribution in [2.45, 2.75) is 77.9 Å². The van der Waals surface area contributed by atoms with Gasteiger partial charge in [-0.25, -0.2) is 0 Å². The number of benzene rings is 3. The second kappa shape index (κ2) is 17.6. The highest BCUT2D eigenvalue weighted by Crippen LogP contribution is 2.43. The number of hydrogen-bond acceptors (Lipinski definition) is 8. The van der Waals surface area contributed by atoms with Crippen LogP contribution in [0.3, 0.4) is 0 Å². The first-order chi connectivity index (χ1) is 20.4. The van der Waals surface area contributed by atoms with Crippen molar-refractivity contribution in [3.05, 3.63) is 48.0 Å². The maximum atomic E-state index is 12.4. The molecule has 2 unspecified atom stereocenters. The van der Waals surface area contributed by atoms with Crippen molar-refractivity contribution in [3.63, 3.8) is 0 Å². The second-order valence-electron chi connectivity index (χ2n) is 10.4. The van der Waals surface area contributed by atoms with Gasteiger partial charge in [0.1, 0.15) is 24.7 Å². The van der Waals surface area contributed by atoms with E-state index in [2.05, 4.69) is 19.1 Å². The molecule has 0 aliphatic rings. The molecule has 0 saturated heterocycles. The monoisotopic (exact) mass is 582 g/mol. The third-order valence-electron chi connectivity index (χ3n) is 7.00. The van der Waals surface area contributed by atoms with Gasteiger partial charge in [-0.2, -0.15) is 0 Å². The third kappa shape index (κ3) is 9.33. The molecule has 0 aliphatic heterocycles. The van der Waals surface area contributed by atoms with Crippen LogP contribution in [0.1, 0.15) is 64.9 Å². The molecule has 0 aromatic heterocycles. The number of unbranched alkanes of at least 4 members (excludes halogenated alkanes) is 2. The highest BCUT2D eigenvalue weighted by molar-refractivity contribution is 6.11. The Labute approximate surface area is 249 Å². The lowest BCUT2D eigenvalue weighted by Crippen LogP contribution is -2.30. The van der Waals surface area contributed by atoms with Crippen molar-refractivity contribution < 1.29 is 38.0 Å². The van der Waals surface area contributed by atoms with E-state index in [1.807, 2.05) is 44.2 Å². The lowest BCUT2D eigenvalue weighted by molar-refractivity contribution is -0.154. The Hall–Kier alpha value is -3.36. The number of hydrogen-bond donors (Lipinski definition) is 0. The molecular weight excluding hydrogens is 536 g/mol. The summed E-state index contributed by atoms with van der Waals surface area (Å²) in [6.07, 6.45) is 3.88. The van der Waals surface area contributed by atoms with Crippen LogP contribution in [-0.4, -0.2) is 64.8 Å². The molecular formula is C34H46O8. The van der Waals surface area contributed by atoms with Crippen LogP contribution in [0.2, 0.25) is 0 Å². The van der Waals surface area contributed by atoms with Crippen molar-refractivity contribution in [1.29, 1.82) is 0 Å². The van der Waals surface area contributed by atoms with Crippen LogP contribution in [0.4, 0.5) is 0 Å². The molecule has 0 aliphatic carbocycles. The number of carbonyl (C=O) groups is 2. The predicted octanol–water partition coefficient (Wildman–Crippen LogP) is 6.81. The molecule has 42 heavy (non-hydrogen) atoms. The van der Waals surface area contributed by atoms with Crippen LogP contribution in [-0.2, 0) is 35.0 Å². The largest absolute Gasteiger partial charge is 0.488 e. The average molecular weight is 583 g/mol. The molecule has 230 valence electrons. The number of methoxy groups -OCH3 is 2. The van der Waals surface area contributed by atoms with Gasteiger partial charge in [-0.05, 0) is 30.9 Å². The van der Waals surface area contributed by atoms with Gasteiger partial charge < -0.3 is 28.4 Å². The summed E-state index contributed by atoms with van der Waals surface area (Å²) in [6, 6.07) is 14.1. The van der Waals surface area contributed by atoms with Crippen molar-refractivity contribution in [2.24, 2.45) is 0 Å². The first-order valence-corrected chi connectivity index (χ1v) is 15.0. The number of rotatable bonds is 19. The van der Waals surface area contributed by atoms with E-state index in [1.54, 1.807) is 14.2 Å². The zero-order valence-corrected chi connectivity index (χ0v) is 25.7. The Bertz CT molecular complexity index is 1290. The maximum absolute atomic E-state index is 12.4. The Kier molecular flexibility index (Phi) is 13.9. The zero-order valence-electron chi connectivity index (χ0n) is 25.7. The topological polar surface area (TPSA) is 89.5 Å². The van der Waals surface area contributed by atoms with Gasteiger partial charge in [0, 0.05) is 48.6 Å². The lowest BCUT2D eigenvalue weighted by Gasteiger charge is -2.23. The molecule has 0 amide bonds. The van der Waals surface area contributed by atoms with E-state index in [1.165, 1.54) is 0 Å². The number of esters is 2. The number of carbonyl (C=O) groups excluding carboxylic acids is 2. The Morgan fingerprint density at radius 1 is 0.643 bits per heavy atom. The minimum absolute atomic E-state index is 0.143.